The van der Waals surface area contributed by atoms with E-state index in [9.17, 15) is 8.42 Å². The van der Waals surface area contributed by atoms with Crippen LogP contribution >= 0.6 is 27.5 Å². The van der Waals surface area contributed by atoms with Gasteiger partial charge in [0.1, 0.15) is 0 Å². The van der Waals surface area contributed by atoms with Gasteiger partial charge in [-0.2, -0.15) is 0 Å². The monoisotopic (exact) mass is 365 g/mol. The van der Waals surface area contributed by atoms with Gasteiger partial charge in [0.25, 0.3) is 0 Å². The molecule has 19 heavy (non-hydrogen) atoms. The van der Waals surface area contributed by atoms with Crippen LogP contribution in [-0.4, -0.2) is 19.8 Å². The summed E-state index contributed by atoms with van der Waals surface area (Å²) in [5.41, 5.74) is 0. The minimum atomic E-state index is -3.44. The molecule has 0 aliphatic heterocycles. The summed E-state index contributed by atoms with van der Waals surface area (Å²) in [6.07, 6.45) is 4.36. The van der Waals surface area contributed by atoms with E-state index < -0.39 is 10.0 Å². The van der Waals surface area contributed by atoms with E-state index in [-0.39, 0.29) is 4.90 Å². The summed E-state index contributed by atoms with van der Waals surface area (Å²) in [6, 6.07) is 6.34. The smallest absolute Gasteiger partial charge is 0.211 e. The second-order valence-corrected chi connectivity index (χ2v) is 8.43. The first-order chi connectivity index (χ1) is 8.97. The topological polar surface area (TPSA) is 46.2 Å². The quantitative estimate of drug-likeness (QED) is 0.828. The Hall–Kier alpha value is -0.100. The van der Waals surface area contributed by atoms with Gasteiger partial charge in [-0.25, -0.2) is 13.1 Å². The van der Waals surface area contributed by atoms with E-state index in [0.717, 1.165) is 25.7 Å². The fraction of sp³-hybridized carbons (Fsp3) is 0.538. The third-order valence-corrected chi connectivity index (χ3v) is 6.02. The zero-order valence-electron chi connectivity index (χ0n) is 10.5. The molecule has 1 aromatic carbocycles. The lowest BCUT2D eigenvalue weighted by molar-refractivity contribution is 0.366. The van der Waals surface area contributed by atoms with E-state index in [4.69, 9.17) is 11.6 Å². The molecule has 0 bridgehead atoms. The van der Waals surface area contributed by atoms with Gasteiger partial charge in [0.05, 0.1) is 4.90 Å². The van der Waals surface area contributed by atoms with Crippen LogP contribution in [0.15, 0.2) is 29.2 Å². The number of halogens is 2. The van der Waals surface area contributed by atoms with Crippen LogP contribution in [-0.2, 0) is 10.0 Å². The average molecular weight is 367 g/mol. The lowest BCUT2D eigenvalue weighted by Gasteiger charge is -2.25. The maximum absolute atomic E-state index is 12.1. The van der Waals surface area contributed by atoms with Crippen LogP contribution < -0.4 is 4.72 Å². The Kier molecular flexibility index (Phi) is 5.29. The molecule has 1 saturated carbocycles. The third-order valence-electron chi connectivity index (χ3n) is 3.44. The summed E-state index contributed by atoms with van der Waals surface area (Å²) in [4.78, 5) is 0.822. The predicted molar refractivity (Wildman–Crippen MR) is 81.3 cm³/mol. The van der Waals surface area contributed by atoms with Crippen LogP contribution in [0.5, 0.6) is 0 Å². The van der Waals surface area contributed by atoms with Crippen molar-refractivity contribution in [2.75, 3.05) is 6.54 Å². The minimum Gasteiger partial charge on any atom is -0.211 e. The fourth-order valence-corrected chi connectivity index (χ4v) is 4.22. The van der Waals surface area contributed by atoms with Crippen molar-refractivity contribution in [3.8, 4) is 0 Å². The number of hydrogen-bond acceptors (Lipinski definition) is 2. The zero-order chi connectivity index (χ0) is 13.9. The Labute approximate surface area is 127 Å². The van der Waals surface area contributed by atoms with Crippen molar-refractivity contribution < 1.29 is 8.42 Å². The molecule has 1 N–H and O–H groups in total. The largest absolute Gasteiger partial charge is 0.240 e. The molecule has 3 nitrogen and oxygen atoms in total. The number of alkyl halides is 1. The van der Waals surface area contributed by atoms with E-state index >= 15 is 0 Å². The summed E-state index contributed by atoms with van der Waals surface area (Å²) in [6.45, 7) is 0.508. The molecule has 2 rings (SSSR count). The van der Waals surface area contributed by atoms with Crippen molar-refractivity contribution in [2.24, 2.45) is 5.92 Å². The molecule has 0 heterocycles. The first-order valence-corrected chi connectivity index (χ1v) is 9.14. The Balaban J connectivity index is 1.95. The Bertz CT molecular complexity index is 527. The zero-order valence-corrected chi connectivity index (χ0v) is 13.6. The van der Waals surface area contributed by atoms with Gasteiger partial charge in [-0.3, -0.25) is 0 Å². The predicted octanol–water partition coefficient (Wildman–Crippen LogP) is 3.57. The molecule has 1 fully saturated rings. The van der Waals surface area contributed by atoms with Crippen LogP contribution in [0.3, 0.4) is 0 Å². The van der Waals surface area contributed by atoms with Gasteiger partial charge in [-0.15, -0.1) is 0 Å². The SMILES string of the molecule is O=S(=O)(NCC1CCC(Br)CC1)c1cccc(Cl)c1. The first kappa shape index (κ1) is 15.3. The van der Waals surface area contributed by atoms with Crippen molar-refractivity contribution in [3.63, 3.8) is 0 Å². The van der Waals surface area contributed by atoms with Crippen molar-refractivity contribution >= 4 is 37.6 Å². The van der Waals surface area contributed by atoms with Crippen molar-refractivity contribution in [2.45, 2.75) is 35.4 Å². The highest BCUT2D eigenvalue weighted by atomic mass is 79.9. The van der Waals surface area contributed by atoms with Gasteiger partial charge in [0, 0.05) is 16.4 Å². The number of benzene rings is 1. The van der Waals surface area contributed by atoms with Crippen molar-refractivity contribution in [1.29, 1.82) is 0 Å². The summed E-state index contributed by atoms with van der Waals surface area (Å²) in [5.74, 6) is 0.433. The molecule has 1 aliphatic carbocycles. The fourth-order valence-electron chi connectivity index (χ4n) is 2.27. The molecule has 0 radical (unpaired) electrons. The Morgan fingerprint density at radius 3 is 2.58 bits per heavy atom. The molecule has 0 aromatic heterocycles. The molecule has 6 heteroatoms. The maximum Gasteiger partial charge on any atom is 0.240 e. The van der Waals surface area contributed by atoms with E-state index in [1.54, 1.807) is 18.2 Å². The number of sulfonamides is 1. The molecule has 0 amide bonds. The van der Waals surface area contributed by atoms with Crippen LogP contribution in [0.2, 0.25) is 5.02 Å². The number of nitrogens with one attached hydrogen (secondary N) is 1. The van der Waals surface area contributed by atoms with Crippen LogP contribution in [0, 0.1) is 5.92 Å². The standard InChI is InChI=1S/C13H17BrClNO2S/c14-11-6-4-10(5-7-11)9-16-19(17,18)13-3-1-2-12(15)8-13/h1-3,8,10-11,16H,4-7,9H2. The summed E-state index contributed by atoms with van der Waals surface area (Å²) in [5, 5.41) is 0.433. The normalized spacial score (nSPS) is 24.3. The van der Waals surface area contributed by atoms with Crippen LogP contribution in [0.25, 0.3) is 0 Å². The Morgan fingerprint density at radius 2 is 1.95 bits per heavy atom. The molecular weight excluding hydrogens is 350 g/mol. The van der Waals surface area contributed by atoms with Gasteiger partial charge >= 0.3 is 0 Å². The summed E-state index contributed by atoms with van der Waals surface area (Å²) < 4.78 is 26.9. The Morgan fingerprint density at radius 1 is 1.26 bits per heavy atom. The highest BCUT2D eigenvalue weighted by Crippen LogP contribution is 2.28. The second-order valence-electron chi connectivity index (χ2n) is 4.93. The van der Waals surface area contributed by atoms with Crippen molar-refractivity contribution in [3.05, 3.63) is 29.3 Å². The molecule has 106 valence electrons. The number of rotatable bonds is 4. The summed E-state index contributed by atoms with van der Waals surface area (Å²) >= 11 is 9.42. The van der Waals surface area contributed by atoms with Gasteiger partial charge in [-0.1, -0.05) is 33.6 Å². The van der Waals surface area contributed by atoms with E-state index in [0.29, 0.717) is 22.3 Å². The lowest BCUT2D eigenvalue weighted by Crippen LogP contribution is -2.31. The minimum absolute atomic E-state index is 0.231. The molecule has 1 aliphatic rings. The lowest BCUT2D eigenvalue weighted by atomic mass is 9.89. The highest BCUT2D eigenvalue weighted by molar-refractivity contribution is 9.09. The summed E-state index contributed by atoms with van der Waals surface area (Å²) in [7, 11) is -3.44. The molecule has 1 aromatic rings. The maximum atomic E-state index is 12.1. The molecule has 0 atom stereocenters. The number of hydrogen-bond donors (Lipinski definition) is 1. The average Bonchev–Trinajstić information content (AvgIpc) is 2.38. The van der Waals surface area contributed by atoms with Crippen LogP contribution in [0.1, 0.15) is 25.7 Å². The highest BCUT2D eigenvalue weighted by Gasteiger charge is 2.21. The van der Waals surface area contributed by atoms with E-state index in [1.807, 2.05) is 0 Å². The third kappa shape index (κ3) is 4.45. The molecule has 0 saturated heterocycles. The van der Waals surface area contributed by atoms with Crippen LogP contribution in [0.4, 0.5) is 0 Å². The van der Waals surface area contributed by atoms with Gasteiger partial charge < -0.3 is 0 Å². The van der Waals surface area contributed by atoms with Crippen molar-refractivity contribution in [1.82, 2.24) is 4.72 Å². The first-order valence-electron chi connectivity index (χ1n) is 6.36. The molecular formula is C13H17BrClNO2S. The van der Waals surface area contributed by atoms with Gasteiger partial charge in [-0.05, 0) is 49.8 Å². The van der Waals surface area contributed by atoms with Gasteiger partial charge in [0.15, 0.2) is 0 Å². The van der Waals surface area contributed by atoms with E-state index in [1.165, 1.54) is 6.07 Å². The van der Waals surface area contributed by atoms with Gasteiger partial charge in [0.2, 0.25) is 10.0 Å². The second kappa shape index (κ2) is 6.57. The molecule has 0 spiro atoms. The molecule has 0 unspecified atom stereocenters. The van der Waals surface area contributed by atoms with E-state index in [2.05, 4.69) is 20.7 Å².